The van der Waals surface area contributed by atoms with Crippen LogP contribution in [0.1, 0.15) is 37.7 Å². The van der Waals surface area contributed by atoms with Crippen LogP contribution in [-0.2, 0) is 6.54 Å². The summed E-state index contributed by atoms with van der Waals surface area (Å²) in [4.78, 5) is 10.6. The lowest BCUT2D eigenvalue weighted by Gasteiger charge is -2.37. The Morgan fingerprint density at radius 3 is 2.77 bits per heavy atom. The molecule has 0 spiro atoms. The number of rotatable bonds is 5. The van der Waals surface area contributed by atoms with Crippen molar-refractivity contribution in [2.75, 3.05) is 30.8 Å². The third-order valence-corrected chi connectivity index (χ3v) is 6.25. The van der Waals surface area contributed by atoms with Crippen molar-refractivity contribution in [2.45, 2.75) is 51.2 Å². The van der Waals surface area contributed by atoms with Gasteiger partial charge in [-0.05, 0) is 32.9 Å². The van der Waals surface area contributed by atoms with E-state index in [0.717, 1.165) is 0 Å². The van der Waals surface area contributed by atoms with Crippen molar-refractivity contribution in [3.63, 3.8) is 0 Å². The van der Waals surface area contributed by atoms with Gasteiger partial charge >= 0.3 is 0 Å². The zero-order chi connectivity index (χ0) is 25.1. The molecule has 1 aliphatic rings. The van der Waals surface area contributed by atoms with E-state index in [9.17, 15) is 13.9 Å². The lowest BCUT2D eigenvalue weighted by atomic mass is 9.94. The minimum atomic E-state index is -2.96. The normalized spacial score (nSPS) is 18.5. The molecule has 186 valence electrons. The van der Waals surface area contributed by atoms with Crippen molar-refractivity contribution in [3.05, 3.63) is 35.9 Å². The van der Waals surface area contributed by atoms with Gasteiger partial charge in [-0.3, -0.25) is 4.68 Å². The van der Waals surface area contributed by atoms with Gasteiger partial charge in [0.1, 0.15) is 11.3 Å². The van der Waals surface area contributed by atoms with Crippen LogP contribution in [-0.4, -0.2) is 66.2 Å². The molecule has 1 aromatic carbocycles. The van der Waals surface area contributed by atoms with Gasteiger partial charge in [0.2, 0.25) is 5.95 Å². The Bertz CT molecular complexity index is 1410. The summed E-state index contributed by atoms with van der Waals surface area (Å²) in [6.45, 7) is 5.27. The number of halogens is 2. The smallest absolute Gasteiger partial charge is 0.266 e. The van der Waals surface area contributed by atoms with Gasteiger partial charge < -0.3 is 20.5 Å². The van der Waals surface area contributed by atoms with Crippen LogP contribution in [0.3, 0.4) is 0 Å². The first-order valence-electron chi connectivity index (χ1n) is 11.3. The van der Waals surface area contributed by atoms with Crippen LogP contribution < -0.4 is 15.4 Å². The summed E-state index contributed by atoms with van der Waals surface area (Å²) < 4.78 is 38.3. The Balaban J connectivity index is 1.53. The van der Waals surface area contributed by atoms with Crippen molar-refractivity contribution in [1.29, 1.82) is 0 Å². The van der Waals surface area contributed by atoms with E-state index in [0.29, 0.717) is 33.7 Å². The molecule has 4 aromatic rings. The standard InChI is InChI=1S/C23H28F2N8O2/c1-13-16(9-27-32(13)11-22(2,3)34)31-10-14(8-23(24,25)12-31)19-29-20-15-6-5-7-17(35-4)18(15)28-21(26)33(20)30-19/h5-7,9,14,34H,8,10-12H2,1-4H3,(H2,26,28)/t14-/m1/s1. The largest absolute Gasteiger partial charge is 0.494 e. The number of aliphatic hydroxyl groups is 1. The number of fused-ring (bicyclic) bond motifs is 3. The first-order valence-corrected chi connectivity index (χ1v) is 11.3. The minimum absolute atomic E-state index is 0.0962. The summed E-state index contributed by atoms with van der Waals surface area (Å²) in [6, 6.07) is 5.39. The molecule has 0 saturated carbocycles. The molecule has 5 rings (SSSR count). The van der Waals surface area contributed by atoms with Gasteiger partial charge in [0.15, 0.2) is 11.5 Å². The molecule has 10 nitrogen and oxygen atoms in total. The molecule has 0 radical (unpaired) electrons. The van der Waals surface area contributed by atoms with Crippen LogP contribution in [0, 0.1) is 6.92 Å². The van der Waals surface area contributed by atoms with Crippen molar-refractivity contribution in [1.82, 2.24) is 29.4 Å². The summed E-state index contributed by atoms with van der Waals surface area (Å²) in [5.41, 5.74) is 7.43. The number of nitrogens with two attached hydrogens (primary N) is 1. The summed E-state index contributed by atoms with van der Waals surface area (Å²) in [5, 5.41) is 19.6. The monoisotopic (exact) mass is 486 g/mol. The van der Waals surface area contributed by atoms with E-state index < -0.39 is 24.0 Å². The van der Waals surface area contributed by atoms with E-state index in [1.54, 1.807) is 41.8 Å². The Hall–Kier alpha value is -3.54. The number of hydrogen-bond donors (Lipinski definition) is 2. The van der Waals surface area contributed by atoms with Crippen molar-refractivity contribution in [2.24, 2.45) is 0 Å². The van der Waals surface area contributed by atoms with Crippen LogP contribution in [0.2, 0.25) is 0 Å². The van der Waals surface area contributed by atoms with Crippen LogP contribution >= 0.6 is 0 Å². The number of nitrogen functional groups attached to an aromatic ring is 1. The molecule has 1 saturated heterocycles. The van der Waals surface area contributed by atoms with Crippen molar-refractivity contribution >= 4 is 28.2 Å². The highest BCUT2D eigenvalue weighted by Crippen LogP contribution is 2.39. The molecule has 1 fully saturated rings. The number of methoxy groups -OCH3 is 1. The minimum Gasteiger partial charge on any atom is -0.494 e. The predicted molar refractivity (Wildman–Crippen MR) is 127 cm³/mol. The highest BCUT2D eigenvalue weighted by atomic mass is 19.3. The van der Waals surface area contributed by atoms with Gasteiger partial charge in [0.25, 0.3) is 5.92 Å². The number of hydrogen-bond acceptors (Lipinski definition) is 8. The molecule has 1 atom stereocenters. The van der Waals surface area contributed by atoms with Gasteiger partial charge in [-0.2, -0.15) is 9.61 Å². The molecule has 1 aliphatic heterocycles. The number of nitrogens with zero attached hydrogens (tertiary/aromatic N) is 7. The maximum atomic E-state index is 14.9. The number of ether oxygens (including phenoxy) is 1. The fraction of sp³-hybridized carbons (Fsp3) is 0.478. The Labute approximate surface area is 200 Å². The summed E-state index contributed by atoms with van der Waals surface area (Å²) in [5.74, 6) is -2.69. The molecular formula is C23H28F2N8O2. The molecule has 0 bridgehead atoms. The third-order valence-electron chi connectivity index (χ3n) is 6.25. The second-order valence-corrected chi connectivity index (χ2v) is 9.75. The zero-order valence-electron chi connectivity index (χ0n) is 20.0. The average Bonchev–Trinajstić information content (AvgIpc) is 3.37. The van der Waals surface area contributed by atoms with Crippen LogP contribution in [0.15, 0.2) is 24.4 Å². The first-order chi connectivity index (χ1) is 16.5. The van der Waals surface area contributed by atoms with E-state index >= 15 is 0 Å². The molecule has 0 aliphatic carbocycles. The molecule has 0 unspecified atom stereocenters. The summed E-state index contributed by atoms with van der Waals surface area (Å²) in [6.07, 6.45) is 1.18. The lowest BCUT2D eigenvalue weighted by Crippen LogP contribution is -2.46. The Morgan fingerprint density at radius 2 is 2.06 bits per heavy atom. The van der Waals surface area contributed by atoms with Crippen molar-refractivity contribution in [3.8, 4) is 5.75 Å². The van der Waals surface area contributed by atoms with Gasteiger partial charge in [-0.15, -0.1) is 5.10 Å². The third kappa shape index (κ3) is 4.22. The molecule has 35 heavy (non-hydrogen) atoms. The number of benzene rings is 1. The number of piperidine rings is 1. The highest BCUT2D eigenvalue weighted by molar-refractivity contribution is 5.95. The first kappa shape index (κ1) is 23.2. The Kier molecular flexibility index (Phi) is 5.31. The summed E-state index contributed by atoms with van der Waals surface area (Å²) in [7, 11) is 1.54. The Morgan fingerprint density at radius 1 is 1.29 bits per heavy atom. The van der Waals surface area contributed by atoms with E-state index in [2.05, 4.69) is 20.2 Å². The fourth-order valence-corrected chi connectivity index (χ4v) is 4.71. The van der Waals surface area contributed by atoms with Gasteiger partial charge in [0, 0.05) is 24.3 Å². The maximum Gasteiger partial charge on any atom is 0.266 e. The van der Waals surface area contributed by atoms with Crippen LogP contribution in [0.5, 0.6) is 5.75 Å². The fourth-order valence-electron chi connectivity index (χ4n) is 4.71. The van der Waals surface area contributed by atoms with Gasteiger partial charge in [0.05, 0.1) is 43.4 Å². The average molecular weight is 487 g/mol. The predicted octanol–water partition coefficient (Wildman–Crippen LogP) is 2.77. The molecule has 12 heteroatoms. The van der Waals surface area contributed by atoms with Crippen LogP contribution in [0.25, 0.3) is 16.6 Å². The lowest BCUT2D eigenvalue weighted by molar-refractivity contribution is -0.0192. The highest BCUT2D eigenvalue weighted by Gasteiger charge is 2.43. The second kappa shape index (κ2) is 8.01. The van der Waals surface area contributed by atoms with E-state index in [1.807, 2.05) is 13.0 Å². The number of aromatic nitrogens is 6. The molecular weight excluding hydrogens is 458 g/mol. The maximum absolute atomic E-state index is 14.9. The summed E-state index contributed by atoms with van der Waals surface area (Å²) >= 11 is 0. The zero-order valence-corrected chi connectivity index (χ0v) is 20.0. The van der Waals surface area contributed by atoms with Gasteiger partial charge in [-0.25, -0.2) is 18.7 Å². The SMILES string of the molecule is COc1cccc2c1nc(N)n1nc([C@H]3CN(c4cnn(CC(C)(C)O)c4C)CC(F)(F)C3)nc21. The molecule has 3 N–H and O–H groups in total. The molecule has 4 heterocycles. The quantitative estimate of drug-likeness (QED) is 0.442. The number of alkyl halides is 2. The van der Waals surface area contributed by atoms with Crippen LogP contribution in [0.4, 0.5) is 20.4 Å². The van der Waals surface area contributed by atoms with Gasteiger partial charge in [-0.1, -0.05) is 6.07 Å². The second-order valence-electron chi connectivity index (χ2n) is 9.75. The van der Waals surface area contributed by atoms with E-state index in [4.69, 9.17) is 10.5 Å². The van der Waals surface area contributed by atoms with E-state index in [-0.39, 0.29) is 31.3 Å². The number of anilines is 2. The molecule has 0 amide bonds. The van der Waals surface area contributed by atoms with E-state index in [1.165, 1.54) is 11.6 Å². The topological polar surface area (TPSA) is 120 Å². The number of para-hydroxylation sites is 1. The molecule has 3 aromatic heterocycles. The van der Waals surface area contributed by atoms with Crippen molar-refractivity contribution < 1.29 is 18.6 Å².